The van der Waals surface area contributed by atoms with Crippen molar-refractivity contribution < 1.29 is 18.7 Å². The summed E-state index contributed by atoms with van der Waals surface area (Å²) in [6.45, 7) is 0.150. The third kappa shape index (κ3) is 4.29. The van der Waals surface area contributed by atoms with Gasteiger partial charge in [0, 0.05) is 25.9 Å². The number of fused-ring (bicyclic) bond motifs is 1. The van der Waals surface area contributed by atoms with Crippen molar-refractivity contribution in [3.05, 3.63) is 58.9 Å². The maximum absolute atomic E-state index is 13.5. The highest BCUT2D eigenvalue weighted by molar-refractivity contribution is 6.37. The van der Waals surface area contributed by atoms with E-state index >= 15 is 0 Å². The van der Waals surface area contributed by atoms with Crippen molar-refractivity contribution in [2.75, 3.05) is 26.0 Å². The van der Waals surface area contributed by atoms with Crippen LogP contribution in [-0.4, -0.2) is 49.3 Å². The van der Waals surface area contributed by atoms with E-state index in [4.69, 9.17) is 16.0 Å². The lowest BCUT2D eigenvalue weighted by molar-refractivity contribution is -0.121. The summed E-state index contributed by atoms with van der Waals surface area (Å²) < 4.78 is 19.1. The van der Waals surface area contributed by atoms with Gasteiger partial charge in [-0.15, -0.1) is 0 Å². The first-order chi connectivity index (χ1) is 14.3. The van der Waals surface area contributed by atoms with E-state index in [-0.39, 0.29) is 29.7 Å². The highest BCUT2D eigenvalue weighted by atomic mass is 19.1. The van der Waals surface area contributed by atoms with Gasteiger partial charge in [-0.2, -0.15) is 5.10 Å². The van der Waals surface area contributed by atoms with Crippen LogP contribution >= 0.6 is 0 Å². The number of nitrogens with one attached hydrogen (secondary N) is 2. The molecule has 2 amide bonds. The normalized spacial score (nSPS) is 15.6. The highest BCUT2D eigenvalue weighted by Gasteiger charge is 2.27. The molecular formula is C21H22FN5O3. The Bertz CT molecular complexity index is 1040. The summed E-state index contributed by atoms with van der Waals surface area (Å²) in [5.74, 6) is 4.26. The van der Waals surface area contributed by atoms with Gasteiger partial charge in [0.25, 0.3) is 5.91 Å². The maximum Gasteiger partial charge on any atom is 0.255 e. The minimum atomic E-state index is -0.538. The van der Waals surface area contributed by atoms with Crippen LogP contribution in [0.3, 0.4) is 0 Å². The number of amides is 2. The Morgan fingerprint density at radius 2 is 2.07 bits per heavy atom. The largest absolute Gasteiger partial charge is 0.492 e. The molecule has 2 aromatic carbocycles. The van der Waals surface area contributed by atoms with Gasteiger partial charge in [0.05, 0.1) is 17.2 Å². The van der Waals surface area contributed by atoms with E-state index in [2.05, 4.69) is 10.4 Å². The molecule has 0 aromatic heterocycles. The molecule has 4 N–H and O–H groups in total. The number of hydrogen-bond donors (Lipinski definition) is 3. The van der Waals surface area contributed by atoms with Gasteiger partial charge in [0.15, 0.2) is 0 Å². The lowest BCUT2D eigenvalue weighted by atomic mass is 9.95. The van der Waals surface area contributed by atoms with Gasteiger partial charge in [-0.1, -0.05) is 6.07 Å². The molecular weight excluding hydrogens is 389 g/mol. The Labute approximate surface area is 173 Å². The Kier molecular flexibility index (Phi) is 6.10. The lowest BCUT2D eigenvalue weighted by Crippen LogP contribution is -2.33. The first kappa shape index (κ1) is 21.0. The number of nitrogens with zero attached hydrogens (tertiary/aromatic N) is 2. The molecule has 0 saturated carbocycles. The minimum absolute atomic E-state index is 0.150. The van der Waals surface area contributed by atoms with Crippen LogP contribution in [0.5, 0.6) is 5.75 Å². The van der Waals surface area contributed by atoms with Crippen molar-refractivity contribution in [1.29, 1.82) is 5.41 Å². The third-order valence-electron chi connectivity index (χ3n) is 4.79. The predicted octanol–water partition coefficient (Wildman–Crippen LogP) is 2.03. The van der Waals surface area contributed by atoms with Crippen LogP contribution in [-0.2, 0) is 11.2 Å². The van der Waals surface area contributed by atoms with E-state index < -0.39 is 11.7 Å². The van der Waals surface area contributed by atoms with Gasteiger partial charge in [0.1, 0.15) is 23.9 Å². The maximum atomic E-state index is 13.5. The van der Waals surface area contributed by atoms with Gasteiger partial charge in [-0.05, 0) is 42.3 Å². The molecule has 0 aliphatic carbocycles. The number of halogens is 1. The van der Waals surface area contributed by atoms with E-state index in [9.17, 15) is 14.0 Å². The van der Waals surface area contributed by atoms with Crippen molar-refractivity contribution in [3.63, 3.8) is 0 Å². The van der Waals surface area contributed by atoms with Crippen molar-refractivity contribution in [2.24, 2.45) is 16.9 Å². The molecule has 1 aliphatic rings. The average Bonchev–Trinajstić information content (AvgIpc) is 2.74. The number of ether oxygens (including phenoxy) is 1. The molecule has 30 heavy (non-hydrogen) atoms. The monoisotopic (exact) mass is 411 g/mol. The summed E-state index contributed by atoms with van der Waals surface area (Å²) in [6.07, 6.45) is 1.30. The SMILES string of the molecule is CN(C)C(=O)c1cc(/C(C=N)=N/N)ccc1NC(=O)C1COc2ccc(F)cc2C1. The summed E-state index contributed by atoms with van der Waals surface area (Å²) in [4.78, 5) is 26.9. The molecule has 1 unspecified atom stereocenters. The first-order valence-corrected chi connectivity index (χ1v) is 9.20. The van der Waals surface area contributed by atoms with E-state index in [1.54, 1.807) is 32.3 Å². The van der Waals surface area contributed by atoms with E-state index in [0.717, 1.165) is 6.21 Å². The second-order valence-corrected chi connectivity index (χ2v) is 7.07. The number of carbonyl (C=O) groups is 2. The fourth-order valence-corrected chi connectivity index (χ4v) is 3.19. The average molecular weight is 411 g/mol. The molecule has 0 fully saturated rings. The summed E-state index contributed by atoms with van der Waals surface area (Å²) in [5.41, 5.74) is 1.84. The third-order valence-corrected chi connectivity index (χ3v) is 4.79. The molecule has 0 radical (unpaired) electrons. The predicted molar refractivity (Wildman–Crippen MR) is 112 cm³/mol. The molecule has 2 aromatic rings. The van der Waals surface area contributed by atoms with Crippen LogP contribution in [0.4, 0.5) is 10.1 Å². The van der Waals surface area contributed by atoms with Crippen LogP contribution in [0.15, 0.2) is 41.5 Å². The zero-order valence-corrected chi connectivity index (χ0v) is 16.6. The zero-order valence-electron chi connectivity index (χ0n) is 16.6. The van der Waals surface area contributed by atoms with Crippen molar-refractivity contribution in [1.82, 2.24) is 4.90 Å². The number of carbonyl (C=O) groups excluding carboxylic acids is 2. The summed E-state index contributed by atoms with van der Waals surface area (Å²) in [7, 11) is 3.19. The standard InChI is InChI=1S/C21H22FN5O3/c1-27(2)21(29)16-9-12(18(10-23)26-24)3-5-17(16)25-20(28)14-7-13-8-15(22)4-6-19(13)30-11-14/h3-6,8-10,14,23H,7,11,24H2,1-2H3,(H,25,28)/b23-10?,26-18+. The number of benzene rings is 2. The summed E-state index contributed by atoms with van der Waals surface area (Å²) in [5, 5.41) is 13.7. The van der Waals surface area contributed by atoms with Crippen LogP contribution < -0.4 is 15.9 Å². The first-order valence-electron chi connectivity index (χ1n) is 9.20. The van der Waals surface area contributed by atoms with Gasteiger partial charge < -0.3 is 26.2 Å². The Hall–Kier alpha value is -3.75. The number of rotatable bonds is 5. The lowest BCUT2D eigenvalue weighted by Gasteiger charge is -2.25. The molecule has 9 heteroatoms. The Morgan fingerprint density at radius 1 is 1.30 bits per heavy atom. The number of anilines is 1. The van der Waals surface area contributed by atoms with Crippen LogP contribution in [0.1, 0.15) is 21.5 Å². The molecule has 1 atom stereocenters. The van der Waals surface area contributed by atoms with E-state index in [1.807, 2.05) is 0 Å². The molecule has 0 saturated heterocycles. The van der Waals surface area contributed by atoms with Crippen LogP contribution in [0, 0.1) is 17.1 Å². The Balaban J connectivity index is 1.87. The van der Waals surface area contributed by atoms with Gasteiger partial charge >= 0.3 is 0 Å². The molecule has 156 valence electrons. The van der Waals surface area contributed by atoms with Crippen molar-refractivity contribution in [2.45, 2.75) is 6.42 Å². The van der Waals surface area contributed by atoms with Crippen LogP contribution in [0.25, 0.3) is 0 Å². The second kappa shape index (κ2) is 8.73. The second-order valence-electron chi connectivity index (χ2n) is 7.07. The molecule has 0 spiro atoms. The Morgan fingerprint density at radius 3 is 2.73 bits per heavy atom. The molecule has 8 nitrogen and oxygen atoms in total. The number of hydrazone groups is 1. The quantitative estimate of drug-likeness (QED) is 0.396. The van der Waals surface area contributed by atoms with Crippen LogP contribution in [0.2, 0.25) is 0 Å². The smallest absolute Gasteiger partial charge is 0.255 e. The van der Waals surface area contributed by atoms with Crippen molar-refractivity contribution >= 4 is 29.4 Å². The van der Waals surface area contributed by atoms with Crippen molar-refractivity contribution in [3.8, 4) is 5.75 Å². The zero-order chi connectivity index (χ0) is 21.8. The minimum Gasteiger partial charge on any atom is -0.492 e. The number of nitrogens with two attached hydrogens (primary N) is 1. The topological polar surface area (TPSA) is 121 Å². The summed E-state index contributed by atoms with van der Waals surface area (Å²) >= 11 is 0. The molecule has 3 rings (SSSR count). The fraction of sp³-hybridized carbons (Fsp3) is 0.238. The molecule has 0 bridgehead atoms. The summed E-state index contributed by atoms with van der Waals surface area (Å²) in [6, 6.07) is 8.92. The molecule has 1 heterocycles. The van der Waals surface area contributed by atoms with E-state index in [1.165, 1.54) is 23.1 Å². The fourth-order valence-electron chi connectivity index (χ4n) is 3.19. The van der Waals surface area contributed by atoms with Gasteiger partial charge in [0.2, 0.25) is 5.91 Å². The van der Waals surface area contributed by atoms with Gasteiger partial charge in [-0.25, -0.2) is 4.39 Å². The highest BCUT2D eigenvalue weighted by Crippen LogP contribution is 2.29. The number of hydrogen-bond acceptors (Lipinski definition) is 6. The molecule has 1 aliphatic heterocycles. The van der Waals surface area contributed by atoms with E-state index in [0.29, 0.717) is 29.0 Å². The van der Waals surface area contributed by atoms with Gasteiger partial charge in [-0.3, -0.25) is 9.59 Å².